The molecule has 120 valence electrons. The molecule has 0 aromatic carbocycles. The summed E-state index contributed by atoms with van der Waals surface area (Å²) in [5.74, 6) is 3.05. The summed E-state index contributed by atoms with van der Waals surface area (Å²) in [7, 11) is 0. The van der Waals surface area contributed by atoms with Gasteiger partial charge in [0, 0.05) is 11.8 Å². The molecule has 2 aliphatic heterocycles. The molecule has 4 fully saturated rings. The first-order valence-corrected chi connectivity index (χ1v) is 9.33. The Morgan fingerprint density at radius 3 is 2.77 bits per heavy atom. The number of rotatable bonds is 0. The molecule has 5 rings (SSSR count). The topological polar surface area (TPSA) is 52.9 Å². The van der Waals surface area contributed by atoms with E-state index in [1.807, 2.05) is 0 Å². The van der Waals surface area contributed by atoms with Crippen LogP contribution in [0, 0.1) is 23.7 Å². The molecule has 5 aliphatic rings. The Labute approximate surface area is 132 Å². The largest absolute Gasteiger partial charge is 0.393 e. The maximum atomic E-state index is 13.2. The molecule has 4 nitrogen and oxygen atoms in total. The van der Waals surface area contributed by atoms with Crippen molar-refractivity contribution in [1.29, 1.82) is 0 Å². The number of hydrogen-bond donors (Lipinski definition) is 1. The Hall–Kier alpha value is -0.900. The van der Waals surface area contributed by atoms with Crippen LogP contribution in [-0.2, 0) is 4.79 Å². The Morgan fingerprint density at radius 1 is 1.00 bits per heavy atom. The SMILES string of the molecule is O=C1C2CC(O)CC3CCCC(C4=NC5CCCCC5N14)C32. The van der Waals surface area contributed by atoms with E-state index in [1.54, 1.807) is 0 Å². The summed E-state index contributed by atoms with van der Waals surface area (Å²) in [5, 5.41) is 10.2. The van der Waals surface area contributed by atoms with Crippen LogP contribution in [0.5, 0.6) is 0 Å². The molecule has 0 radical (unpaired) electrons. The number of aliphatic hydroxyl groups excluding tert-OH is 1. The van der Waals surface area contributed by atoms with E-state index in [4.69, 9.17) is 4.99 Å². The number of piperidine rings is 1. The molecule has 1 N–H and O–H groups in total. The number of carbonyl (C=O) groups is 1. The minimum atomic E-state index is -0.266. The van der Waals surface area contributed by atoms with Crippen LogP contribution in [0.4, 0.5) is 0 Å². The fourth-order valence-corrected chi connectivity index (χ4v) is 6.33. The fourth-order valence-electron chi connectivity index (χ4n) is 6.33. The van der Waals surface area contributed by atoms with Crippen LogP contribution < -0.4 is 0 Å². The molecule has 0 aromatic heterocycles. The van der Waals surface area contributed by atoms with Crippen molar-refractivity contribution < 1.29 is 9.90 Å². The maximum absolute atomic E-state index is 13.2. The van der Waals surface area contributed by atoms with E-state index in [2.05, 4.69) is 4.90 Å². The van der Waals surface area contributed by atoms with Gasteiger partial charge in [-0.05, 0) is 43.9 Å². The number of aliphatic hydroxyl groups is 1. The molecule has 22 heavy (non-hydrogen) atoms. The minimum absolute atomic E-state index is 0.0682. The van der Waals surface area contributed by atoms with E-state index < -0.39 is 0 Å². The highest BCUT2D eigenvalue weighted by Gasteiger charge is 2.57. The van der Waals surface area contributed by atoms with Gasteiger partial charge in [-0.15, -0.1) is 0 Å². The molecule has 1 saturated heterocycles. The average molecular weight is 302 g/mol. The van der Waals surface area contributed by atoms with Crippen molar-refractivity contribution in [3.63, 3.8) is 0 Å². The van der Waals surface area contributed by atoms with Crippen LogP contribution in [0.3, 0.4) is 0 Å². The van der Waals surface area contributed by atoms with Crippen molar-refractivity contribution in [1.82, 2.24) is 4.90 Å². The van der Waals surface area contributed by atoms with Gasteiger partial charge in [-0.25, -0.2) is 0 Å². The number of hydrogen-bond acceptors (Lipinski definition) is 3. The smallest absolute Gasteiger partial charge is 0.231 e. The van der Waals surface area contributed by atoms with E-state index in [0.29, 0.717) is 42.2 Å². The predicted molar refractivity (Wildman–Crippen MR) is 83.4 cm³/mol. The van der Waals surface area contributed by atoms with Crippen LogP contribution in [0.25, 0.3) is 0 Å². The number of amidine groups is 1. The Kier molecular flexibility index (Phi) is 2.95. The molecule has 1 amide bonds. The standard InChI is InChI=1S/C18H26N2O2/c21-11-8-10-4-3-5-12-16(10)13(9-11)18(22)20-15-7-2-1-6-14(15)19-17(12)20/h10-16,21H,1-9H2. The summed E-state index contributed by atoms with van der Waals surface area (Å²) in [5.41, 5.74) is 0. The van der Waals surface area contributed by atoms with Crippen molar-refractivity contribution in [3.05, 3.63) is 0 Å². The van der Waals surface area contributed by atoms with Crippen molar-refractivity contribution in [2.24, 2.45) is 28.7 Å². The lowest BCUT2D eigenvalue weighted by molar-refractivity contribution is -0.146. The van der Waals surface area contributed by atoms with Gasteiger partial charge in [-0.3, -0.25) is 14.7 Å². The Balaban J connectivity index is 1.56. The Bertz CT molecular complexity index is 531. The van der Waals surface area contributed by atoms with Gasteiger partial charge in [0.2, 0.25) is 5.91 Å². The zero-order chi connectivity index (χ0) is 14.8. The molecule has 0 aromatic rings. The Morgan fingerprint density at radius 2 is 1.86 bits per heavy atom. The predicted octanol–water partition coefficient (Wildman–Crippen LogP) is 2.36. The molecule has 3 aliphatic carbocycles. The van der Waals surface area contributed by atoms with Crippen molar-refractivity contribution >= 4 is 11.7 Å². The van der Waals surface area contributed by atoms with Gasteiger partial charge < -0.3 is 5.11 Å². The summed E-state index contributed by atoms with van der Waals surface area (Å²) >= 11 is 0. The third-order valence-corrected chi connectivity index (χ3v) is 7.12. The first-order valence-electron chi connectivity index (χ1n) is 9.33. The van der Waals surface area contributed by atoms with E-state index in [9.17, 15) is 9.90 Å². The second kappa shape index (κ2) is 4.80. The molecule has 7 unspecified atom stereocenters. The van der Waals surface area contributed by atoms with E-state index in [-0.39, 0.29) is 12.0 Å². The summed E-state index contributed by atoms with van der Waals surface area (Å²) < 4.78 is 0. The van der Waals surface area contributed by atoms with Crippen LogP contribution in [0.1, 0.15) is 57.8 Å². The highest BCUT2D eigenvalue weighted by Crippen LogP contribution is 2.53. The molecule has 7 atom stereocenters. The molecule has 4 heteroatoms. The quantitative estimate of drug-likeness (QED) is 0.747. The number of aliphatic imine (C=N–C) groups is 1. The number of nitrogens with zero attached hydrogens (tertiary/aromatic N) is 2. The summed E-state index contributed by atoms with van der Waals surface area (Å²) in [6.45, 7) is 0. The van der Waals surface area contributed by atoms with Gasteiger partial charge in [0.1, 0.15) is 5.84 Å². The van der Waals surface area contributed by atoms with Gasteiger partial charge in [0.25, 0.3) is 0 Å². The van der Waals surface area contributed by atoms with E-state index in [1.165, 1.54) is 32.1 Å². The third-order valence-electron chi connectivity index (χ3n) is 7.12. The third kappa shape index (κ3) is 1.73. The summed E-state index contributed by atoms with van der Waals surface area (Å²) in [6.07, 6.45) is 9.75. The normalized spacial score (nSPS) is 50.0. The minimum Gasteiger partial charge on any atom is -0.393 e. The van der Waals surface area contributed by atoms with Crippen LogP contribution in [0.15, 0.2) is 4.99 Å². The zero-order valence-electron chi connectivity index (χ0n) is 13.2. The first kappa shape index (κ1) is 13.5. The lowest BCUT2D eigenvalue weighted by Crippen LogP contribution is -2.60. The van der Waals surface area contributed by atoms with Crippen molar-refractivity contribution in [3.8, 4) is 0 Å². The lowest BCUT2D eigenvalue weighted by atomic mass is 9.58. The van der Waals surface area contributed by atoms with Gasteiger partial charge in [0.15, 0.2) is 0 Å². The van der Waals surface area contributed by atoms with E-state index >= 15 is 0 Å². The van der Waals surface area contributed by atoms with Crippen LogP contribution >= 0.6 is 0 Å². The molecule has 0 spiro atoms. The van der Waals surface area contributed by atoms with Gasteiger partial charge in [0.05, 0.1) is 18.2 Å². The average Bonchev–Trinajstić information content (AvgIpc) is 2.91. The highest BCUT2D eigenvalue weighted by atomic mass is 16.3. The second-order valence-corrected chi connectivity index (χ2v) is 8.22. The second-order valence-electron chi connectivity index (χ2n) is 8.22. The number of fused-ring (bicyclic) bond motifs is 4. The molecule has 0 bridgehead atoms. The highest BCUT2D eigenvalue weighted by molar-refractivity contribution is 6.05. The molecular weight excluding hydrogens is 276 g/mol. The molecule has 2 heterocycles. The van der Waals surface area contributed by atoms with Crippen LogP contribution in [0.2, 0.25) is 0 Å². The summed E-state index contributed by atoms with van der Waals surface area (Å²) in [4.78, 5) is 20.4. The summed E-state index contributed by atoms with van der Waals surface area (Å²) in [6, 6.07) is 0.717. The maximum Gasteiger partial charge on any atom is 0.231 e. The van der Waals surface area contributed by atoms with Crippen LogP contribution in [-0.4, -0.2) is 39.9 Å². The number of carbonyl (C=O) groups excluding carboxylic acids is 1. The zero-order valence-corrected chi connectivity index (χ0v) is 13.2. The molecular formula is C18H26N2O2. The van der Waals surface area contributed by atoms with Crippen molar-refractivity contribution in [2.45, 2.75) is 76.0 Å². The van der Waals surface area contributed by atoms with Gasteiger partial charge in [-0.2, -0.15) is 0 Å². The van der Waals surface area contributed by atoms with Gasteiger partial charge >= 0.3 is 0 Å². The number of amides is 1. The van der Waals surface area contributed by atoms with E-state index in [0.717, 1.165) is 25.1 Å². The van der Waals surface area contributed by atoms with Crippen molar-refractivity contribution in [2.75, 3.05) is 0 Å². The first-order chi connectivity index (χ1) is 10.7. The monoisotopic (exact) mass is 302 g/mol. The lowest BCUT2D eigenvalue weighted by Gasteiger charge is -2.52. The fraction of sp³-hybridized carbons (Fsp3) is 0.889. The van der Waals surface area contributed by atoms with Gasteiger partial charge in [-0.1, -0.05) is 25.7 Å². The molecule has 3 saturated carbocycles.